The van der Waals surface area contributed by atoms with Crippen LogP contribution in [0.2, 0.25) is 0 Å². The molecule has 18 heteroatoms. The molecule has 0 spiro atoms. The van der Waals surface area contributed by atoms with E-state index in [0.717, 1.165) is 27.8 Å². The zero-order valence-electron chi connectivity index (χ0n) is 44.9. The molecule has 0 unspecified atom stereocenters. The number of carbonyl (C=O) groups excluding carboxylic acids is 7. The maximum atomic E-state index is 14.8. The zero-order valence-corrected chi connectivity index (χ0v) is 44.9. The number of fused-ring (bicyclic) bond motifs is 3. The highest BCUT2D eigenvalue weighted by Gasteiger charge is 2.34. The minimum Gasteiger partial charge on any atom is -0.508 e. The van der Waals surface area contributed by atoms with Gasteiger partial charge in [-0.1, -0.05) is 133 Å². The van der Waals surface area contributed by atoms with Crippen molar-refractivity contribution in [1.82, 2.24) is 31.2 Å². The summed E-state index contributed by atoms with van der Waals surface area (Å²) in [5.74, 6) is -8.37. The number of H-pyrrole nitrogens is 1. The van der Waals surface area contributed by atoms with Crippen molar-refractivity contribution >= 4 is 47.1 Å². The van der Waals surface area contributed by atoms with E-state index in [9.17, 15) is 53.7 Å². The van der Waals surface area contributed by atoms with Gasteiger partial charge in [-0.25, -0.2) is 14.6 Å². The third kappa shape index (κ3) is 16.7. The smallest absolute Gasteiger partial charge is 0.407 e. The highest BCUT2D eigenvalue weighted by molar-refractivity contribution is 5.96. The van der Waals surface area contributed by atoms with E-state index < -0.39 is 103 Å². The summed E-state index contributed by atoms with van der Waals surface area (Å²) >= 11 is 0. The molecule has 0 saturated heterocycles. The Labute approximate surface area is 473 Å². The molecule has 18 nitrogen and oxygen atoms in total. The van der Waals surface area contributed by atoms with Gasteiger partial charge in [0.15, 0.2) is 17.3 Å². The van der Waals surface area contributed by atoms with Crippen LogP contribution >= 0.6 is 0 Å². The Hall–Kier alpha value is -9.71. The number of imidazole rings is 1. The van der Waals surface area contributed by atoms with Crippen LogP contribution in [0.3, 0.4) is 0 Å². The van der Waals surface area contributed by atoms with Gasteiger partial charge in [0.1, 0.15) is 24.1 Å². The van der Waals surface area contributed by atoms with E-state index in [4.69, 9.17) is 4.74 Å². The van der Waals surface area contributed by atoms with Crippen LogP contribution in [0, 0.1) is 17.8 Å². The normalized spacial score (nSPS) is 13.4. The molecule has 7 aromatic rings. The van der Waals surface area contributed by atoms with Gasteiger partial charge in [-0.05, 0) is 88.0 Å². The van der Waals surface area contributed by atoms with Crippen LogP contribution in [0.25, 0.3) is 11.1 Å². The van der Waals surface area contributed by atoms with Crippen molar-refractivity contribution in [2.75, 3.05) is 19.7 Å². The summed E-state index contributed by atoms with van der Waals surface area (Å²) < 4.78 is 5.65. The second-order valence-electron chi connectivity index (χ2n) is 20.5. The summed E-state index contributed by atoms with van der Waals surface area (Å²) in [6.07, 6.45) is 0.885. The molecule has 1 aliphatic rings. The lowest BCUT2D eigenvalue weighted by Crippen LogP contribution is -2.47. The number of aliphatic carboxylic acids is 1. The number of carboxylic acid groups (broad SMARTS) is 1. The summed E-state index contributed by atoms with van der Waals surface area (Å²) in [6.45, 7) is -0.947. The molecule has 6 aromatic carbocycles. The van der Waals surface area contributed by atoms with Crippen LogP contribution in [0.5, 0.6) is 11.5 Å². The van der Waals surface area contributed by atoms with Gasteiger partial charge in [0, 0.05) is 61.7 Å². The van der Waals surface area contributed by atoms with Crippen molar-refractivity contribution in [3.05, 3.63) is 209 Å². The number of phenols is 2. The summed E-state index contributed by atoms with van der Waals surface area (Å²) in [6, 6.07) is 43.1. The molecule has 1 aromatic heterocycles. The molecule has 0 radical (unpaired) electrons. The number of ketones is 3. The lowest BCUT2D eigenvalue weighted by molar-refractivity contribution is -0.142. The predicted molar refractivity (Wildman–Crippen MR) is 303 cm³/mol. The fourth-order valence-corrected chi connectivity index (χ4v) is 10.2. The van der Waals surface area contributed by atoms with Crippen molar-refractivity contribution in [3.8, 4) is 22.6 Å². The van der Waals surface area contributed by atoms with Gasteiger partial charge in [-0.3, -0.25) is 28.8 Å². The standard InChI is InChI=1S/C64H64N6O12/c71-48-23-19-42(20-24-48)28-45(60(76)66-36-50(73)33-46(31-47-35-65-39-68-47)62(78)70-58(63(79)80)30-43-21-25-49(72)26-22-43)34-59(75)57(29-41-13-5-2-6-14-41)69-61(77)44(27-40-11-3-1-4-12-40)32-51(74)37-67-64(81)82-38-56-54-17-9-7-15-52(54)53-16-8-10-18-55(53)56/h1-26,35,39,44-46,56-58,71-72H,27-34,36-38H2,(H,65,68)(H,66,76)(H,67,81)(H,69,77)(H,70,78)(H,79,80)/t44-,45-,46-,57+,58+/m1/s1. The highest BCUT2D eigenvalue weighted by Crippen LogP contribution is 2.44. The van der Waals surface area contributed by atoms with Gasteiger partial charge in [-0.2, -0.15) is 0 Å². The zero-order chi connectivity index (χ0) is 58.0. The number of hydrogen-bond donors (Lipinski definition) is 8. The monoisotopic (exact) mass is 1110 g/mol. The minimum absolute atomic E-state index is 0.0176. The Kier molecular flexibility index (Phi) is 20.3. The molecular formula is C64H64N6O12. The first-order chi connectivity index (χ1) is 39.6. The fourth-order valence-electron chi connectivity index (χ4n) is 10.2. The SMILES string of the molecule is O=C(CNC(=O)[C@@H](CC(=O)[C@H](Cc1ccccc1)NC(=O)[C@@H](CC(=O)CNC(=O)OCC1c2ccccc2-c2ccccc21)Cc1ccccc1)Cc1ccc(O)cc1)C[C@@H](Cc1cnc[nH]1)C(=O)N[C@@H](Cc1ccc(O)cc1)C(=O)O. The first-order valence-corrected chi connectivity index (χ1v) is 27.0. The van der Waals surface area contributed by atoms with Gasteiger partial charge < -0.3 is 46.3 Å². The highest BCUT2D eigenvalue weighted by atomic mass is 16.5. The number of Topliss-reactive ketones (excluding diaryl/α,β-unsaturated/α-hetero) is 3. The van der Waals surface area contributed by atoms with Gasteiger partial charge in [-0.15, -0.1) is 0 Å². The van der Waals surface area contributed by atoms with E-state index >= 15 is 0 Å². The molecule has 5 atom stereocenters. The number of alkyl carbamates (subject to hydrolysis) is 1. The van der Waals surface area contributed by atoms with Crippen LogP contribution in [0.15, 0.2) is 170 Å². The molecule has 8 rings (SSSR count). The molecule has 0 aliphatic heterocycles. The van der Waals surface area contributed by atoms with E-state index in [1.807, 2.05) is 66.7 Å². The van der Waals surface area contributed by atoms with Crippen molar-refractivity contribution < 1.29 is 58.4 Å². The number of nitrogens with zero attached hydrogens (tertiary/aromatic N) is 1. The minimum atomic E-state index is -1.38. The van der Waals surface area contributed by atoms with Gasteiger partial charge >= 0.3 is 12.1 Å². The summed E-state index contributed by atoms with van der Waals surface area (Å²) in [4.78, 5) is 117. The molecule has 0 fully saturated rings. The Balaban J connectivity index is 0.938. The number of aromatic nitrogens is 2. The van der Waals surface area contributed by atoms with Gasteiger partial charge in [0.05, 0.1) is 31.4 Å². The predicted octanol–water partition coefficient (Wildman–Crippen LogP) is 6.77. The number of aromatic hydroxyl groups is 2. The molecule has 422 valence electrons. The number of nitrogens with one attached hydrogen (secondary N) is 5. The average Bonchev–Trinajstić information content (AvgIpc) is 4.34. The van der Waals surface area contributed by atoms with Crippen molar-refractivity contribution in [2.45, 2.75) is 69.4 Å². The van der Waals surface area contributed by atoms with Gasteiger partial charge in [0.2, 0.25) is 17.7 Å². The number of benzene rings is 6. The van der Waals surface area contributed by atoms with E-state index in [0.29, 0.717) is 22.4 Å². The number of phenolic OH excluding ortho intramolecular Hbond substituents is 2. The van der Waals surface area contributed by atoms with Crippen LogP contribution < -0.4 is 21.3 Å². The third-order valence-electron chi connectivity index (χ3n) is 14.5. The first-order valence-electron chi connectivity index (χ1n) is 27.0. The first kappa shape index (κ1) is 58.4. The molecule has 8 N–H and O–H groups in total. The molecule has 1 aliphatic carbocycles. The number of amides is 4. The van der Waals surface area contributed by atoms with E-state index in [1.165, 1.54) is 48.9 Å². The number of aromatic amines is 1. The summed E-state index contributed by atoms with van der Waals surface area (Å²) in [5, 5.41) is 40.4. The van der Waals surface area contributed by atoms with Crippen molar-refractivity contribution in [1.29, 1.82) is 0 Å². The third-order valence-corrected chi connectivity index (χ3v) is 14.5. The molecular weight excluding hydrogens is 1040 g/mol. The van der Waals surface area contributed by atoms with E-state index in [1.54, 1.807) is 54.6 Å². The topological polar surface area (TPSA) is 283 Å². The summed E-state index contributed by atoms with van der Waals surface area (Å²) in [7, 11) is 0. The van der Waals surface area contributed by atoms with E-state index in [2.05, 4.69) is 31.2 Å². The lowest BCUT2D eigenvalue weighted by Gasteiger charge is -2.24. The molecule has 0 bridgehead atoms. The number of carbonyl (C=O) groups is 8. The molecule has 1 heterocycles. The van der Waals surface area contributed by atoms with Crippen molar-refractivity contribution in [2.24, 2.45) is 17.8 Å². The Morgan fingerprint density at radius 2 is 0.951 bits per heavy atom. The van der Waals surface area contributed by atoms with Crippen LogP contribution in [0.4, 0.5) is 4.79 Å². The second kappa shape index (κ2) is 28.4. The number of hydrogen-bond acceptors (Lipinski definition) is 12. The molecule has 82 heavy (non-hydrogen) atoms. The Bertz CT molecular complexity index is 3290. The Morgan fingerprint density at radius 3 is 1.49 bits per heavy atom. The van der Waals surface area contributed by atoms with E-state index in [-0.39, 0.29) is 62.5 Å². The lowest BCUT2D eigenvalue weighted by atomic mass is 9.88. The largest absolute Gasteiger partial charge is 0.508 e. The summed E-state index contributed by atoms with van der Waals surface area (Å²) in [5.41, 5.74) is 7.22. The molecule has 0 saturated carbocycles. The quantitative estimate of drug-likeness (QED) is 0.0241. The number of carboxylic acids is 1. The maximum Gasteiger partial charge on any atom is 0.407 e. The second-order valence-corrected chi connectivity index (χ2v) is 20.5. The number of ether oxygens (including phenoxy) is 1. The van der Waals surface area contributed by atoms with Crippen LogP contribution in [-0.2, 0) is 70.4 Å². The Morgan fingerprint density at radius 1 is 0.500 bits per heavy atom. The fraction of sp³-hybridized carbons (Fsp3) is 0.266. The van der Waals surface area contributed by atoms with Crippen LogP contribution in [0.1, 0.15) is 64.3 Å². The number of rotatable bonds is 29. The maximum absolute atomic E-state index is 14.8. The van der Waals surface area contributed by atoms with Gasteiger partial charge in [0.25, 0.3) is 0 Å². The average molecular weight is 1110 g/mol. The molecule has 4 amide bonds. The van der Waals surface area contributed by atoms with Crippen molar-refractivity contribution in [3.63, 3.8) is 0 Å². The van der Waals surface area contributed by atoms with Crippen LogP contribution in [-0.4, -0.2) is 104 Å².